The summed E-state index contributed by atoms with van der Waals surface area (Å²) in [6.45, 7) is 2.00. The number of aromatic nitrogens is 3. The molecule has 0 aliphatic heterocycles. The van der Waals surface area contributed by atoms with E-state index in [9.17, 15) is 4.79 Å². The number of nitrogens with zero attached hydrogens (tertiary/aromatic N) is 3. The van der Waals surface area contributed by atoms with E-state index in [1.807, 2.05) is 67.6 Å². The molecule has 0 bridgehead atoms. The van der Waals surface area contributed by atoms with Crippen LogP contribution in [0.2, 0.25) is 0 Å². The van der Waals surface area contributed by atoms with Crippen molar-refractivity contribution in [2.24, 2.45) is 0 Å². The highest BCUT2D eigenvalue weighted by atomic mass is 79.9. The Kier molecular flexibility index (Phi) is 4.41. The van der Waals surface area contributed by atoms with Crippen LogP contribution in [0, 0.1) is 6.92 Å². The molecular weight excluding hydrogens is 450 g/mol. The van der Waals surface area contributed by atoms with Gasteiger partial charge in [0.25, 0.3) is 5.56 Å². The number of benzene rings is 2. The summed E-state index contributed by atoms with van der Waals surface area (Å²) >= 11 is 4.77. The molecule has 142 valence electrons. The maximum atomic E-state index is 12.8. The van der Waals surface area contributed by atoms with Gasteiger partial charge in [-0.3, -0.25) is 4.79 Å². The molecule has 3 aromatic heterocycles. The van der Waals surface area contributed by atoms with Gasteiger partial charge in [0.15, 0.2) is 5.82 Å². The molecule has 3 heterocycles. The van der Waals surface area contributed by atoms with Gasteiger partial charge in [-0.1, -0.05) is 63.7 Å². The van der Waals surface area contributed by atoms with E-state index >= 15 is 0 Å². The van der Waals surface area contributed by atoms with Crippen LogP contribution in [-0.2, 0) is 0 Å². The van der Waals surface area contributed by atoms with Crippen LogP contribution in [0.25, 0.3) is 33.7 Å². The van der Waals surface area contributed by atoms with Crippen LogP contribution in [0.4, 0.5) is 0 Å². The molecule has 0 aliphatic carbocycles. The van der Waals surface area contributed by atoms with Crippen LogP contribution in [0.15, 0.2) is 74.3 Å². The predicted octanol–water partition coefficient (Wildman–Crippen LogP) is 4.70. The second-order valence-corrected chi connectivity index (χ2v) is 8.50. The average molecular weight is 464 g/mol. The molecule has 0 atom stereocenters. The average Bonchev–Trinajstić information content (AvgIpc) is 3.40. The molecule has 5 nitrogen and oxygen atoms in total. The minimum absolute atomic E-state index is 0.197. The monoisotopic (exact) mass is 463 g/mol. The Morgan fingerprint density at radius 3 is 2.76 bits per heavy atom. The van der Waals surface area contributed by atoms with Crippen molar-refractivity contribution in [3.63, 3.8) is 0 Å². The Morgan fingerprint density at radius 1 is 1.10 bits per heavy atom. The van der Waals surface area contributed by atoms with Gasteiger partial charge in [0, 0.05) is 21.7 Å². The Balaban J connectivity index is 1.54. The Labute approximate surface area is 178 Å². The lowest BCUT2D eigenvalue weighted by Crippen LogP contribution is -2.23. The molecule has 0 spiro atoms. The molecule has 5 aromatic rings. The van der Waals surface area contributed by atoms with Crippen molar-refractivity contribution in [3.05, 3.63) is 91.3 Å². The third kappa shape index (κ3) is 3.32. The zero-order valence-electron chi connectivity index (χ0n) is 15.3. The van der Waals surface area contributed by atoms with Crippen LogP contribution in [0.3, 0.4) is 0 Å². The Morgan fingerprint density at radius 2 is 1.97 bits per heavy atom. The summed E-state index contributed by atoms with van der Waals surface area (Å²) in [5, 5.41) is 4.42. The van der Waals surface area contributed by atoms with E-state index in [2.05, 4.69) is 26.0 Å². The van der Waals surface area contributed by atoms with Gasteiger partial charge >= 0.3 is 0 Å². The fourth-order valence-corrected chi connectivity index (χ4v) is 4.42. The highest BCUT2D eigenvalue weighted by molar-refractivity contribution is 9.10. The smallest absolute Gasteiger partial charge is 0.291 e. The van der Waals surface area contributed by atoms with Crippen molar-refractivity contribution < 1.29 is 4.42 Å². The summed E-state index contributed by atoms with van der Waals surface area (Å²) in [4.78, 5) is 17.9. The van der Waals surface area contributed by atoms with Crippen LogP contribution < -0.4 is 10.1 Å². The number of thiazole rings is 1. The maximum absolute atomic E-state index is 12.8. The molecule has 29 heavy (non-hydrogen) atoms. The molecule has 5 rings (SSSR count). The number of rotatable bonds is 3. The highest BCUT2D eigenvalue weighted by Crippen LogP contribution is 2.25. The first-order chi connectivity index (χ1) is 14.1. The van der Waals surface area contributed by atoms with Crippen molar-refractivity contribution in [2.45, 2.75) is 6.92 Å². The zero-order valence-corrected chi connectivity index (χ0v) is 17.7. The van der Waals surface area contributed by atoms with E-state index < -0.39 is 0 Å². The molecule has 0 fully saturated rings. The molecule has 0 radical (unpaired) electrons. The molecule has 0 unspecified atom stereocenters. The van der Waals surface area contributed by atoms with Crippen LogP contribution >= 0.6 is 27.3 Å². The summed E-state index contributed by atoms with van der Waals surface area (Å²) in [7, 11) is 0. The normalized spacial score (nSPS) is 12.1. The number of halogens is 1. The van der Waals surface area contributed by atoms with Gasteiger partial charge in [-0.15, -0.1) is 5.10 Å². The number of hydrogen-bond donors (Lipinski definition) is 0. The summed E-state index contributed by atoms with van der Waals surface area (Å²) in [6.07, 6.45) is 1.73. The molecule has 0 N–H and O–H groups in total. The summed E-state index contributed by atoms with van der Waals surface area (Å²) in [5.41, 5.74) is 2.77. The molecule has 7 heteroatoms. The molecule has 0 amide bonds. The lowest BCUT2D eigenvalue weighted by molar-refractivity contribution is 0.571. The first-order valence-electron chi connectivity index (χ1n) is 8.91. The first-order valence-corrected chi connectivity index (χ1v) is 10.5. The standard InChI is InChI=1S/C22H14BrN3O2S/c1-13-5-2-3-8-17(13)20-24-22-26(25-20)21(27)19(29-22)12-16-9-10-18(28-16)14-6-4-7-15(23)11-14/h2-12H,1H3. The SMILES string of the molecule is Cc1ccccc1-c1nc2sc(=Cc3ccc(-c4cccc(Br)c4)o3)c(=O)n2n1. The number of hydrogen-bond acceptors (Lipinski definition) is 5. The highest BCUT2D eigenvalue weighted by Gasteiger charge is 2.13. The van der Waals surface area contributed by atoms with Gasteiger partial charge in [-0.2, -0.15) is 9.50 Å². The summed E-state index contributed by atoms with van der Waals surface area (Å²) in [5.74, 6) is 1.92. The van der Waals surface area contributed by atoms with Crippen LogP contribution in [0.5, 0.6) is 0 Å². The maximum Gasteiger partial charge on any atom is 0.291 e. The van der Waals surface area contributed by atoms with Crippen molar-refractivity contribution in [3.8, 4) is 22.7 Å². The van der Waals surface area contributed by atoms with E-state index in [0.29, 0.717) is 21.1 Å². The molecule has 0 saturated heterocycles. The fourth-order valence-electron chi connectivity index (χ4n) is 3.13. The summed E-state index contributed by atoms with van der Waals surface area (Å²) in [6, 6.07) is 19.5. The van der Waals surface area contributed by atoms with Crippen molar-refractivity contribution in [1.82, 2.24) is 14.6 Å². The third-order valence-corrected chi connectivity index (χ3v) is 6.03. The Hall–Kier alpha value is -3.03. The number of fused-ring (bicyclic) bond motifs is 1. The van der Waals surface area contributed by atoms with E-state index in [1.54, 1.807) is 6.08 Å². The number of furan rings is 1. The largest absolute Gasteiger partial charge is 0.457 e. The minimum Gasteiger partial charge on any atom is -0.457 e. The second-order valence-electron chi connectivity index (χ2n) is 6.57. The van der Waals surface area contributed by atoms with E-state index in [1.165, 1.54) is 15.9 Å². The number of aryl methyl sites for hydroxylation is 1. The third-order valence-electron chi connectivity index (χ3n) is 4.58. The van der Waals surface area contributed by atoms with Gasteiger partial charge in [0.1, 0.15) is 16.1 Å². The molecule has 0 aliphatic rings. The van der Waals surface area contributed by atoms with Gasteiger partial charge in [-0.25, -0.2) is 0 Å². The zero-order chi connectivity index (χ0) is 20.0. The van der Waals surface area contributed by atoms with E-state index in [0.717, 1.165) is 26.9 Å². The topological polar surface area (TPSA) is 60.4 Å². The van der Waals surface area contributed by atoms with Gasteiger partial charge in [-0.05, 0) is 36.8 Å². The molecular formula is C22H14BrN3O2S. The van der Waals surface area contributed by atoms with E-state index in [-0.39, 0.29) is 5.56 Å². The van der Waals surface area contributed by atoms with Gasteiger partial charge in [0.05, 0.1) is 0 Å². The van der Waals surface area contributed by atoms with Crippen LogP contribution in [-0.4, -0.2) is 14.6 Å². The second kappa shape index (κ2) is 7.09. The minimum atomic E-state index is -0.197. The van der Waals surface area contributed by atoms with E-state index in [4.69, 9.17) is 4.42 Å². The van der Waals surface area contributed by atoms with Crippen molar-refractivity contribution in [2.75, 3.05) is 0 Å². The Bertz CT molecular complexity index is 1470. The summed E-state index contributed by atoms with van der Waals surface area (Å²) < 4.78 is 8.78. The van der Waals surface area contributed by atoms with Crippen molar-refractivity contribution >= 4 is 38.3 Å². The predicted molar refractivity (Wildman–Crippen MR) is 118 cm³/mol. The lowest BCUT2D eigenvalue weighted by Gasteiger charge is -1.98. The molecule has 0 saturated carbocycles. The quantitative estimate of drug-likeness (QED) is 0.389. The van der Waals surface area contributed by atoms with Gasteiger partial charge in [0.2, 0.25) is 4.96 Å². The fraction of sp³-hybridized carbons (Fsp3) is 0.0455. The van der Waals surface area contributed by atoms with Crippen molar-refractivity contribution in [1.29, 1.82) is 0 Å². The first kappa shape index (κ1) is 18.0. The lowest BCUT2D eigenvalue weighted by atomic mass is 10.1. The van der Waals surface area contributed by atoms with Gasteiger partial charge < -0.3 is 4.42 Å². The molecule has 2 aromatic carbocycles. The van der Waals surface area contributed by atoms with Crippen LogP contribution in [0.1, 0.15) is 11.3 Å².